The Balaban J connectivity index is 1.45. The quantitative estimate of drug-likeness (QED) is 0.660. The Kier molecular flexibility index (Phi) is 5.24. The molecule has 28 heavy (non-hydrogen) atoms. The van der Waals surface area contributed by atoms with Crippen LogP contribution in [0.1, 0.15) is 5.56 Å². The van der Waals surface area contributed by atoms with Crippen molar-refractivity contribution in [3.05, 3.63) is 72.4 Å². The Morgan fingerprint density at radius 3 is 2.43 bits per heavy atom. The van der Waals surface area contributed by atoms with Crippen molar-refractivity contribution in [2.75, 3.05) is 38.2 Å². The molecule has 2 aromatic carbocycles. The van der Waals surface area contributed by atoms with Crippen LogP contribution in [0.5, 0.6) is 5.75 Å². The van der Waals surface area contributed by atoms with E-state index >= 15 is 0 Å². The maximum Gasteiger partial charge on any atom is 0.274 e. The molecule has 0 spiro atoms. The van der Waals surface area contributed by atoms with Crippen molar-refractivity contribution in [2.24, 2.45) is 0 Å². The molecule has 1 N–H and O–H groups in total. The van der Waals surface area contributed by atoms with Crippen LogP contribution in [0.4, 0.5) is 5.82 Å². The number of hydrogen-bond donors (Lipinski definition) is 0. The maximum absolute atomic E-state index is 12.7. The van der Waals surface area contributed by atoms with Crippen LogP contribution in [0.25, 0.3) is 16.8 Å². The Labute approximate surface area is 164 Å². The molecule has 5 nitrogen and oxygen atoms in total. The number of hydrogen-bond acceptors (Lipinski definition) is 3. The van der Waals surface area contributed by atoms with Gasteiger partial charge in [0.15, 0.2) is 0 Å². The van der Waals surface area contributed by atoms with Crippen molar-refractivity contribution >= 4 is 28.6 Å². The number of methoxy groups -OCH3 is 1. The molecule has 0 unspecified atom stereocenters. The van der Waals surface area contributed by atoms with E-state index in [0.717, 1.165) is 54.1 Å². The fourth-order valence-corrected chi connectivity index (χ4v) is 3.63. The third-order valence-electron chi connectivity index (χ3n) is 5.17. The number of amides is 1. The van der Waals surface area contributed by atoms with Gasteiger partial charge < -0.3 is 9.64 Å². The number of carbonyl (C=O) groups is 1. The highest BCUT2D eigenvalue weighted by Gasteiger charge is 2.24. The van der Waals surface area contributed by atoms with E-state index in [1.165, 1.54) is 0 Å². The van der Waals surface area contributed by atoms with E-state index in [9.17, 15) is 4.79 Å². The summed E-state index contributed by atoms with van der Waals surface area (Å²) in [5, 5.41) is 2.13. The third-order valence-corrected chi connectivity index (χ3v) is 5.17. The first-order valence-electron chi connectivity index (χ1n) is 9.50. The molecule has 142 valence electrons. The molecule has 1 aliphatic rings. The molecule has 0 saturated carbocycles. The Bertz CT molecular complexity index is 993. The average molecular weight is 374 g/mol. The lowest BCUT2D eigenvalue weighted by molar-refractivity contribution is -0.364. The lowest BCUT2D eigenvalue weighted by Gasteiger charge is -2.30. The number of fused-ring (bicyclic) bond motifs is 1. The molecule has 0 radical (unpaired) electrons. The number of rotatable bonds is 4. The van der Waals surface area contributed by atoms with Gasteiger partial charge in [0.1, 0.15) is 18.8 Å². The van der Waals surface area contributed by atoms with Gasteiger partial charge in [-0.25, -0.2) is 4.98 Å². The lowest BCUT2D eigenvalue weighted by Crippen LogP contribution is -2.49. The number of piperazine rings is 1. The van der Waals surface area contributed by atoms with E-state index in [1.807, 2.05) is 59.6 Å². The zero-order valence-electron chi connectivity index (χ0n) is 16.0. The highest BCUT2D eigenvalue weighted by atomic mass is 16.5. The number of carbonyl (C=O) groups excluding carboxylic acids is 1. The number of aromatic amines is 1. The van der Waals surface area contributed by atoms with Crippen LogP contribution >= 0.6 is 0 Å². The van der Waals surface area contributed by atoms with E-state index in [2.05, 4.69) is 22.0 Å². The molecule has 1 saturated heterocycles. The minimum atomic E-state index is 0.0524. The predicted molar refractivity (Wildman–Crippen MR) is 111 cm³/mol. The number of anilines is 1. The van der Waals surface area contributed by atoms with Crippen LogP contribution in [0.2, 0.25) is 0 Å². The van der Waals surface area contributed by atoms with E-state index in [0.29, 0.717) is 0 Å². The average Bonchev–Trinajstić information content (AvgIpc) is 2.78. The third kappa shape index (κ3) is 3.69. The van der Waals surface area contributed by atoms with Crippen molar-refractivity contribution < 1.29 is 14.5 Å². The van der Waals surface area contributed by atoms with Gasteiger partial charge in [0.25, 0.3) is 5.82 Å². The standard InChI is InChI=1S/C23H23N3O2/c1-28-21-11-9-18(19-6-2-3-7-20(19)21)10-12-23(27)26-16-14-25(15-17-26)22-8-4-5-13-24-22/h2-13H,14-17H2,1H3/p+1/b12-10+. The normalized spacial score (nSPS) is 14.6. The minimum absolute atomic E-state index is 0.0524. The molecule has 2 heterocycles. The summed E-state index contributed by atoms with van der Waals surface area (Å²) >= 11 is 0. The summed E-state index contributed by atoms with van der Waals surface area (Å²) in [6, 6.07) is 18.1. The largest absolute Gasteiger partial charge is 0.496 e. The molecular formula is C23H24N3O2+. The van der Waals surface area contributed by atoms with Gasteiger partial charge in [-0.1, -0.05) is 36.4 Å². The van der Waals surface area contributed by atoms with Crippen LogP contribution < -0.4 is 14.6 Å². The molecule has 1 aliphatic heterocycles. The van der Waals surface area contributed by atoms with Crippen molar-refractivity contribution in [1.82, 2.24) is 4.90 Å². The minimum Gasteiger partial charge on any atom is -0.496 e. The maximum atomic E-state index is 12.7. The number of ether oxygens (including phenoxy) is 1. The Morgan fingerprint density at radius 1 is 0.964 bits per heavy atom. The summed E-state index contributed by atoms with van der Waals surface area (Å²) in [5.74, 6) is 1.99. The molecule has 5 heteroatoms. The molecular weight excluding hydrogens is 350 g/mol. The number of aromatic nitrogens is 1. The van der Waals surface area contributed by atoms with Crippen molar-refractivity contribution in [1.29, 1.82) is 0 Å². The van der Waals surface area contributed by atoms with Crippen molar-refractivity contribution in [2.45, 2.75) is 0 Å². The highest BCUT2D eigenvalue weighted by molar-refractivity contribution is 5.98. The topological polar surface area (TPSA) is 46.9 Å². The molecule has 0 aliphatic carbocycles. The van der Waals surface area contributed by atoms with Crippen LogP contribution in [0.15, 0.2) is 66.9 Å². The number of benzene rings is 2. The predicted octanol–water partition coefficient (Wildman–Crippen LogP) is 3.02. The first kappa shape index (κ1) is 18.0. The van der Waals surface area contributed by atoms with E-state index in [-0.39, 0.29) is 5.91 Å². The van der Waals surface area contributed by atoms with Crippen LogP contribution in [-0.4, -0.2) is 44.1 Å². The zero-order valence-corrected chi connectivity index (χ0v) is 16.0. The first-order valence-corrected chi connectivity index (χ1v) is 9.50. The van der Waals surface area contributed by atoms with Gasteiger partial charge >= 0.3 is 0 Å². The van der Waals surface area contributed by atoms with E-state index < -0.39 is 0 Å². The number of nitrogens with zero attached hydrogens (tertiary/aromatic N) is 2. The summed E-state index contributed by atoms with van der Waals surface area (Å²) in [5.41, 5.74) is 1.02. The summed E-state index contributed by atoms with van der Waals surface area (Å²) < 4.78 is 5.44. The first-order chi connectivity index (χ1) is 13.8. The van der Waals surface area contributed by atoms with Gasteiger partial charge in [-0.3, -0.25) is 9.69 Å². The highest BCUT2D eigenvalue weighted by Crippen LogP contribution is 2.29. The fraction of sp³-hybridized carbons (Fsp3) is 0.217. The lowest BCUT2D eigenvalue weighted by atomic mass is 10.0. The Hall–Kier alpha value is -3.34. The molecule has 1 aromatic heterocycles. The monoisotopic (exact) mass is 374 g/mol. The summed E-state index contributed by atoms with van der Waals surface area (Å²) in [6.45, 7) is 3.08. The van der Waals surface area contributed by atoms with Gasteiger partial charge in [-0.05, 0) is 29.2 Å². The Morgan fingerprint density at radius 2 is 1.71 bits per heavy atom. The molecule has 0 bridgehead atoms. The van der Waals surface area contributed by atoms with Crippen LogP contribution in [0.3, 0.4) is 0 Å². The molecule has 0 atom stereocenters. The van der Waals surface area contributed by atoms with Gasteiger partial charge in [0.2, 0.25) is 5.91 Å². The smallest absolute Gasteiger partial charge is 0.274 e. The van der Waals surface area contributed by atoms with E-state index in [4.69, 9.17) is 4.74 Å². The zero-order chi connectivity index (χ0) is 19.3. The van der Waals surface area contributed by atoms with Crippen molar-refractivity contribution in [3.8, 4) is 5.75 Å². The van der Waals surface area contributed by atoms with Crippen LogP contribution in [0, 0.1) is 0 Å². The summed E-state index contributed by atoms with van der Waals surface area (Å²) in [6.07, 6.45) is 5.51. The number of pyridine rings is 1. The molecule has 1 fully saturated rings. The number of H-pyrrole nitrogens is 1. The van der Waals surface area contributed by atoms with E-state index in [1.54, 1.807) is 13.2 Å². The second-order valence-electron chi connectivity index (χ2n) is 6.80. The SMILES string of the molecule is COc1ccc(/C=C/C(=O)N2CCN(c3cccc[nH+]3)CC2)c2ccccc12. The van der Waals surface area contributed by atoms with Gasteiger partial charge in [0, 0.05) is 17.5 Å². The fourth-order valence-electron chi connectivity index (χ4n) is 3.63. The van der Waals surface area contributed by atoms with Crippen molar-refractivity contribution in [3.63, 3.8) is 0 Å². The summed E-state index contributed by atoms with van der Waals surface area (Å²) in [7, 11) is 1.67. The van der Waals surface area contributed by atoms with Gasteiger partial charge in [-0.2, -0.15) is 0 Å². The number of nitrogens with one attached hydrogen (secondary N) is 1. The van der Waals surface area contributed by atoms with Gasteiger partial charge in [0.05, 0.1) is 26.4 Å². The van der Waals surface area contributed by atoms with Crippen LogP contribution in [-0.2, 0) is 4.79 Å². The van der Waals surface area contributed by atoms with Gasteiger partial charge in [-0.15, -0.1) is 0 Å². The molecule has 4 rings (SSSR count). The molecule has 3 aromatic rings. The molecule has 1 amide bonds. The second kappa shape index (κ2) is 8.13. The summed E-state index contributed by atoms with van der Waals surface area (Å²) in [4.78, 5) is 20.1. The second-order valence-corrected chi connectivity index (χ2v) is 6.80.